The minimum Gasteiger partial charge on any atom is -0.496 e. The maximum absolute atomic E-state index is 12.5. The Morgan fingerprint density at radius 2 is 1.91 bits per heavy atom. The molecule has 0 aliphatic rings. The van der Waals surface area contributed by atoms with Crippen molar-refractivity contribution in [1.29, 1.82) is 0 Å². The third kappa shape index (κ3) is 4.39. The molecule has 4 nitrogen and oxygen atoms in total. The lowest BCUT2D eigenvalue weighted by Crippen LogP contribution is -2.31. The van der Waals surface area contributed by atoms with Crippen molar-refractivity contribution in [3.05, 3.63) is 58.6 Å². The van der Waals surface area contributed by atoms with Gasteiger partial charge in [-0.1, -0.05) is 29.8 Å². The number of halogens is 1. The second-order valence-corrected chi connectivity index (χ2v) is 5.62. The van der Waals surface area contributed by atoms with Crippen LogP contribution < -0.4 is 9.47 Å². The van der Waals surface area contributed by atoms with Crippen LogP contribution in [0, 0.1) is 6.92 Å². The topological polar surface area (TPSA) is 38.8 Å². The summed E-state index contributed by atoms with van der Waals surface area (Å²) in [6.07, 6.45) is 0. The normalized spacial score (nSPS) is 10.3. The molecular weight excluding hydrogens is 314 g/mol. The molecule has 0 aliphatic carbocycles. The number of likely N-dealkylation sites (N-methyl/N-ethyl adjacent to an activating group) is 1. The van der Waals surface area contributed by atoms with E-state index in [1.807, 2.05) is 31.2 Å². The summed E-state index contributed by atoms with van der Waals surface area (Å²) in [6.45, 7) is 2.86. The Hall–Kier alpha value is -2.20. The van der Waals surface area contributed by atoms with Gasteiger partial charge in [-0.2, -0.15) is 0 Å². The maximum Gasteiger partial charge on any atom is 0.257 e. The predicted molar refractivity (Wildman–Crippen MR) is 91.6 cm³/mol. The number of aryl methyl sites for hydroxylation is 1. The Morgan fingerprint density at radius 1 is 1.17 bits per heavy atom. The second kappa shape index (κ2) is 7.88. The first-order valence-corrected chi connectivity index (χ1v) is 7.68. The third-order valence-corrected chi connectivity index (χ3v) is 3.75. The van der Waals surface area contributed by atoms with Crippen LogP contribution >= 0.6 is 11.6 Å². The molecule has 0 aliphatic heterocycles. The average Bonchev–Trinajstić information content (AvgIpc) is 2.55. The van der Waals surface area contributed by atoms with Crippen molar-refractivity contribution in [3.63, 3.8) is 0 Å². The van der Waals surface area contributed by atoms with Gasteiger partial charge in [-0.25, -0.2) is 0 Å². The first-order chi connectivity index (χ1) is 11.0. The van der Waals surface area contributed by atoms with E-state index in [2.05, 4.69) is 0 Å². The monoisotopic (exact) mass is 333 g/mol. The number of hydrogen-bond donors (Lipinski definition) is 0. The summed E-state index contributed by atoms with van der Waals surface area (Å²) in [5, 5.41) is 0.499. The number of ether oxygens (including phenoxy) is 2. The predicted octanol–water partition coefficient (Wildman–Crippen LogP) is 3.81. The highest BCUT2D eigenvalue weighted by Crippen LogP contribution is 2.24. The molecule has 0 N–H and O–H groups in total. The highest BCUT2D eigenvalue weighted by molar-refractivity contribution is 6.31. The van der Waals surface area contributed by atoms with Crippen molar-refractivity contribution in [2.24, 2.45) is 0 Å². The van der Waals surface area contributed by atoms with Crippen molar-refractivity contribution < 1.29 is 14.3 Å². The summed E-state index contributed by atoms with van der Waals surface area (Å²) >= 11 is 5.97. The number of benzene rings is 2. The van der Waals surface area contributed by atoms with Gasteiger partial charge in [0, 0.05) is 12.1 Å². The summed E-state index contributed by atoms with van der Waals surface area (Å²) < 4.78 is 10.9. The van der Waals surface area contributed by atoms with Crippen LogP contribution in [0.3, 0.4) is 0 Å². The smallest absolute Gasteiger partial charge is 0.257 e. The number of carbonyl (C=O) groups is 1. The number of amides is 1. The molecule has 2 rings (SSSR count). The number of hydrogen-bond acceptors (Lipinski definition) is 3. The van der Waals surface area contributed by atoms with Crippen LogP contribution in [0.5, 0.6) is 11.5 Å². The molecule has 5 heteroatoms. The van der Waals surface area contributed by atoms with Crippen molar-refractivity contribution >= 4 is 17.5 Å². The number of nitrogens with zero attached hydrogens (tertiary/aromatic N) is 1. The van der Waals surface area contributed by atoms with Crippen LogP contribution in [0.2, 0.25) is 5.02 Å². The Morgan fingerprint density at radius 3 is 2.61 bits per heavy atom. The second-order valence-electron chi connectivity index (χ2n) is 5.19. The standard InChI is InChI=1S/C18H20ClNO3/c1-13-6-4-5-7-16(13)23-11-10-20(2)18(21)15-12-14(19)8-9-17(15)22-3/h4-9,12H,10-11H2,1-3H3. The molecule has 0 saturated carbocycles. The van der Waals surface area contributed by atoms with Crippen LogP contribution in [-0.4, -0.2) is 38.1 Å². The molecule has 0 bridgehead atoms. The molecule has 0 aromatic heterocycles. The van der Waals surface area contributed by atoms with Crippen LogP contribution in [0.15, 0.2) is 42.5 Å². The van der Waals surface area contributed by atoms with E-state index in [1.165, 1.54) is 7.11 Å². The summed E-state index contributed by atoms with van der Waals surface area (Å²) in [5.41, 5.74) is 1.51. The fraction of sp³-hybridized carbons (Fsp3) is 0.278. The Labute approximate surface area is 141 Å². The lowest BCUT2D eigenvalue weighted by Gasteiger charge is -2.19. The van der Waals surface area contributed by atoms with Gasteiger partial charge in [0.05, 0.1) is 19.2 Å². The zero-order chi connectivity index (χ0) is 16.8. The number of methoxy groups -OCH3 is 1. The Kier molecular flexibility index (Phi) is 5.88. The van der Waals surface area contributed by atoms with E-state index in [0.29, 0.717) is 29.5 Å². The van der Waals surface area contributed by atoms with Gasteiger partial charge in [-0.15, -0.1) is 0 Å². The lowest BCUT2D eigenvalue weighted by molar-refractivity contribution is 0.0770. The molecule has 0 heterocycles. The van der Waals surface area contributed by atoms with Crippen molar-refractivity contribution in [2.45, 2.75) is 6.92 Å². The van der Waals surface area contributed by atoms with E-state index in [-0.39, 0.29) is 5.91 Å². The Bertz CT molecular complexity index is 688. The summed E-state index contributed by atoms with van der Waals surface area (Å²) in [5.74, 6) is 1.18. The Balaban J connectivity index is 1.98. The SMILES string of the molecule is COc1ccc(Cl)cc1C(=O)N(C)CCOc1ccccc1C. The van der Waals surface area contributed by atoms with Crippen LogP contribution in [-0.2, 0) is 0 Å². The average molecular weight is 334 g/mol. The number of carbonyl (C=O) groups excluding carboxylic acids is 1. The summed E-state index contributed by atoms with van der Waals surface area (Å²) in [4.78, 5) is 14.1. The molecule has 2 aromatic rings. The molecule has 1 amide bonds. The molecule has 122 valence electrons. The third-order valence-electron chi connectivity index (χ3n) is 3.52. The van der Waals surface area contributed by atoms with E-state index in [4.69, 9.17) is 21.1 Å². The number of rotatable bonds is 6. The van der Waals surface area contributed by atoms with Gasteiger partial charge in [0.1, 0.15) is 18.1 Å². The zero-order valence-electron chi connectivity index (χ0n) is 13.5. The van der Waals surface area contributed by atoms with Gasteiger partial charge in [0.25, 0.3) is 5.91 Å². The van der Waals surface area contributed by atoms with Crippen molar-refractivity contribution in [3.8, 4) is 11.5 Å². The quantitative estimate of drug-likeness (QED) is 0.807. The highest BCUT2D eigenvalue weighted by Gasteiger charge is 2.17. The van der Waals surface area contributed by atoms with E-state index < -0.39 is 0 Å². The van der Waals surface area contributed by atoms with Gasteiger partial charge in [0.15, 0.2) is 0 Å². The highest BCUT2D eigenvalue weighted by atomic mass is 35.5. The first kappa shape index (κ1) is 17.2. The van der Waals surface area contributed by atoms with E-state index in [9.17, 15) is 4.79 Å². The molecule has 0 saturated heterocycles. The molecular formula is C18H20ClNO3. The minimum atomic E-state index is -0.155. The fourth-order valence-corrected chi connectivity index (χ4v) is 2.34. The van der Waals surface area contributed by atoms with Gasteiger partial charge in [-0.05, 0) is 36.8 Å². The largest absolute Gasteiger partial charge is 0.496 e. The fourth-order valence-electron chi connectivity index (χ4n) is 2.17. The lowest BCUT2D eigenvalue weighted by atomic mass is 10.1. The van der Waals surface area contributed by atoms with Crippen LogP contribution in [0.4, 0.5) is 0 Å². The number of para-hydroxylation sites is 1. The van der Waals surface area contributed by atoms with Gasteiger partial charge in [0.2, 0.25) is 0 Å². The van der Waals surface area contributed by atoms with Crippen molar-refractivity contribution in [2.75, 3.05) is 27.3 Å². The molecule has 0 atom stereocenters. The van der Waals surface area contributed by atoms with Crippen molar-refractivity contribution in [1.82, 2.24) is 4.90 Å². The molecule has 0 radical (unpaired) electrons. The first-order valence-electron chi connectivity index (χ1n) is 7.30. The molecule has 23 heavy (non-hydrogen) atoms. The summed E-state index contributed by atoms with van der Waals surface area (Å²) in [7, 11) is 3.26. The van der Waals surface area contributed by atoms with E-state index >= 15 is 0 Å². The van der Waals surface area contributed by atoms with Crippen LogP contribution in [0.1, 0.15) is 15.9 Å². The van der Waals surface area contributed by atoms with E-state index in [0.717, 1.165) is 11.3 Å². The molecule has 0 unspecified atom stereocenters. The van der Waals surface area contributed by atoms with Crippen LogP contribution in [0.25, 0.3) is 0 Å². The molecule has 2 aromatic carbocycles. The maximum atomic E-state index is 12.5. The zero-order valence-corrected chi connectivity index (χ0v) is 14.3. The minimum absolute atomic E-state index is 0.155. The molecule has 0 spiro atoms. The van der Waals surface area contributed by atoms with Gasteiger partial charge in [-0.3, -0.25) is 4.79 Å². The summed E-state index contributed by atoms with van der Waals surface area (Å²) in [6, 6.07) is 12.8. The van der Waals surface area contributed by atoms with Gasteiger partial charge < -0.3 is 14.4 Å². The van der Waals surface area contributed by atoms with Gasteiger partial charge >= 0.3 is 0 Å². The molecule has 0 fully saturated rings. The van der Waals surface area contributed by atoms with E-state index in [1.54, 1.807) is 30.1 Å².